The van der Waals surface area contributed by atoms with E-state index in [-0.39, 0.29) is 5.91 Å². The van der Waals surface area contributed by atoms with Crippen molar-refractivity contribution in [2.45, 2.75) is 17.9 Å². The molecule has 0 unspecified atom stereocenters. The van der Waals surface area contributed by atoms with Gasteiger partial charge in [-0.1, -0.05) is 11.6 Å². The summed E-state index contributed by atoms with van der Waals surface area (Å²) in [4.78, 5) is 13.2. The van der Waals surface area contributed by atoms with E-state index in [1.165, 1.54) is 11.4 Å². The Hall–Kier alpha value is -1.90. The molecule has 1 amide bonds. The summed E-state index contributed by atoms with van der Waals surface area (Å²) in [5.74, 6) is 1.00. The molecule has 0 aliphatic carbocycles. The van der Waals surface area contributed by atoms with Gasteiger partial charge >= 0.3 is 0 Å². The SMILES string of the molecule is C[C@H](Oc1ccc(N(C)S(C)(=O)=O)cc1)C(=O)NCCSc1ccc(Cl)cc1. The standard InChI is InChI=1S/C19H23ClN2O4S2/c1-14(19(23)21-12-13-27-18-10-4-15(20)5-11-18)26-17-8-6-16(7-9-17)22(2)28(3,24)25/h4-11,14H,12-13H2,1-3H3,(H,21,23)/t14-/m0/s1. The molecule has 0 aliphatic rings. The molecule has 2 rings (SSSR count). The molecule has 0 aromatic heterocycles. The number of benzene rings is 2. The van der Waals surface area contributed by atoms with Gasteiger partial charge in [-0.25, -0.2) is 8.42 Å². The monoisotopic (exact) mass is 442 g/mol. The van der Waals surface area contributed by atoms with E-state index in [4.69, 9.17) is 16.3 Å². The second-order valence-corrected chi connectivity index (χ2v) is 9.70. The molecular weight excluding hydrogens is 420 g/mol. The van der Waals surface area contributed by atoms with Crippen LogP contribution in [-0.2, 0) is 14.8 Å². The first-order valence-electron chi connectivity index (χ1n) is 8.53. The molecule has 9 heteroatoms. The maximum Gasteiger partial charge on any atom is 0.260 e. The summed E-state index contributed by atoms with van der Waals surface area (Å²) in [5.41, 5.74) is 0.520. The summed E-state index contributed by atoms with van der Waals surface area (Å²) in [6.07, 6.45) is 0.466. The number of ether oxygens (including phenoxy) is 1. The van der Waals surface area contributed by atoms with Gasteiger partial charge in [-0.05, 0) is 55.5 Å². The summed E-state index contributed by atoms with van der Waals surface area (Å²) in [5, 5.41) is 3.53. The summed E-state index contributed by atoms with van der Waals surface area (Å²) in [6, 6.07) is 14.1. The van der Waals surface area contributed by atoms with Gasteiger partial charge in [-0.3, -0.25) is 9.10 Å². The summed E-state index contributed by atoms with van der Waals surface area (Å²) >= 11 is 7.48. The van der Waals surface area contributed by atoms with Crippen LogP contribution in [0.25, 0.3) is 0 Å². The highest BCUT2D eigenvalue weighted by atomic mass is 35.5. The van der Waals surface area contributed by atoms with Crippen LogP contribution in [0.1, 0.15) is 6.92 Å². The van der Waals surface area contributed by atoms with Crippen LogP contribution >= 0.6 is 23.4 Å². The molecule has 1 N–H and O–H groups in total. The van der Waals surface area contributed by atoms with Gasteiger partial charge in [0.25, 0.3) is 5.91 Å². The van der Waals surface area contributed by atoms with E-state index in [0.29, 0.717) is 23.0 Å². The van der Waals surface area contributed by atoms with Gasteiger partial charge in [0, 0.05) is 29.3 Å². The van der Waals surface area contributed by atoms with E-state index < -0.39 is 16.1 Å². The first-order valence-corrected chi connectivity index (χ1v) is 11.7. The lowest BCUT2D eigenvalue weighted by Gasteiger charge is -2.18. The second kappa shape index (κ2) is 10.0. The Morgan fingerprint density at radius 2 is 1.79 bits per heavy atom. The van der Waals surface area contributed by atoms with Crippen LogP contribution in [0.2, 0.25) is 5.02 Å². The minimum Gasteiger partial charge on any atom is -0.481 e. The van der Waals surface area contributed by atoms with Crippen LogP contribution in [0.15, 0.2) is 53.4 Å². The van der Waals surface area contributed by atoms with Crippen LogP contribution in [-0.4, -0.2) is 46.0 Å². The number of carbonyl (C=O) groups is 1. The second-order valence-electron chi connectivity index (χ2n) is 6.08. The van der Waals surface area contributed by atoms with Crippen LogP contribution in [0, 0.1) is 0 Å². The van der Waals surface area contributed by atoms with Crippen molar-refractivity contribution in [2.24, 2.45) is 0 Å². The molecule has 0 saturated carbocycles. The van der Waals surface area contributed by atoms with Crippen molar-refractivity contribution in [3.05, 3.63) is 53.6 Å². The van der Waals surface area contributed by atoms with Crippen molar-refractivity contribution in [2.75, 3.05) is 29.9 Å². The Balaban J connectivity index is 1.77. The highest BCUT2D eigenvalue weighted by molar-refractivity contribution is 7.99. The molecule has 0 radical (unpaired) electrons. The maximum atomic E-state index is 12.2. The van der Waals surface area contributed by atoms with E-state index in [0.717, 1.165) is 16.9 Å². The van der Waals surface area contributed by atoms with Gasteiger partial charge in [-0.2, -0.15) is 0 Å². The van der Waals surface area contributed by atoms with E-state index in [2.05, 4.69) is 5.32 Å². The van der Waals surface area contributed by atoms with Crippen LogP contribution < -0.4 is 14.4 Å². The topological polar surface area (TPSA) is 75.7 Å². The molecule has 0 fully saturated rings. The third-order valence-electron chi connectivity index (χ3n) is 3.86. The van der Waals surface area contributed by atoms with E-state index in [9.17, 15) is 13.2 Å². The van der Waals surface area contributed by atoms with Crippen LogP contribution in [0.3, 0.4) is 0 Å². The number of anilines is 1. The van der Waals surface area contributed by atoms with Gasteiger partial charge < -0.3 is 10.1 Å². The van der Waals surface area contributed by atoms with Gasteiger partial charge in [-0.15, -0.1) is 11.8 Å². The predicted molar refractivity (Wildman–Crippen MR) is 115 cm³/mol. The molecule has 6 nitrogen and oxygen atoms in total. The molecular formula is C19H23ClN2O4S2. The molecule has 152 valence electrons. The summed E-state index contributed by atoms with van der Waals surface area (Å²) in [6.45, 7) is 2.18. The zero-order chi connectivity index (χ0) is 20.7. The highest BCUT2D eigenvalue weighted by Crippen LogP contribution is 2.21. The van der Waals surface area contributed by atoms with E-state index >= 15 is 0 Å². The lowest BCUT2D eigenvalue weighted by Crippen LogP contribution is -2.37. The average Bonchev–Trinajstić information content (AvgIpc) is 2.65. The smallest absolute Gasteiger partial charge is 0.260 e. The molecule has 28 heavy (non-hydrogen) atoms. The average molecular weight is 443 g/mol. The lowest BCUT2D eigenvalue weighted by molar-refractivity contribution is -0.127. The summed E-state index contributed by atoms with van der Waals surface area (Å²) in [7, 11) is -1.84. The number of sulfonamides is 1. The molecule has 2 aromatic carbocycles. The Kier molecular flexibility index (Phi) is 8.03. The lowest BCUT2D eigenvalue weighted by atomic mass is 10.3. The Labute approximate surface area is 175 Å². The fourth-order valence-corrected chi connectivity index (χ4v) is 3.60. The number of hydrogen-bond acceptors (Lipinski definition) is 5. The zero-order valence-corrected chi connectivity index (χ0v) is 18.3. The molecule has 0 aliphatic heterocycles. The Bertz CT molecular complexity index is 887. The van der Waals surface area contributed by atoms with Crippen molar-refractivity contribution in [3.8, 4) is 5.75 Å². The number of carbonyl (C=O) groups excluding carboxylic acids is 1. The number of hydrogen-bond donors (Lipinski definition) is 1. The van der Waals surface area contributed by atoms with Gasteiger partial charge in [0.2, 0.25) is 10.0 Å². The van der Waals surface area contributed by atoms with Gasteiger partial charge in [0.15, 0.2) is 6.10 Å². The fraction of sp³-hybridized carbons (Fsp3) is 0.316. The number of amides is 1. The normalized spacial score (nSPS) is 12.3. The molecule has 1 atom stereocenters. The van der Waals surface area contributed by atoms with E-state index in [1.807, 2.05) is 24.3 Å². The summed E-state index contributed by atoms with van der Waals surface area (Å²) < 4.78 is 29.9. The zero-order valence-electron chi connectivity index (χ0n) is 15.9. The third kappa shape index (κ3) is 6.92. The van der Waals surface area contributed by atoms with Crippen LogP contribution in [0.4, 0.5) is 5.69 Å². The predicted octanol–water partition coefficient (Wildman–Crippen LogP) is 3.41. The first-order chi connectivity index (χ1) is 13.2. The number of thioether (sulfide) groups is 1. The number of rotatable bonds is 9. The van der Waals surface area contributed by atoms with E-state index in [1.54, 1.807) is 43.0 Å². The van der Waals surface area contributed by atoms with Crippen molar-refractivity contribution < 1.29 is 17.9 Å². The van der Waals surface area contributed by atoms with Crippen molar-refractivity contribution in [3.63, 3.8) is 0 Å². The van der Waals surface area contributed by atoms with Gasteiger partial charge in [0.1, 0.15) is 5.75 Å². The van der Waals surface area contributed by atoms with Crippen molar-refractivity contribution in [1.82, 2.24) is 5.32 Å². The minimum absolute atomic E-state index is 0.214. The quantitative estimate of drug-likeness (QED) is 0.475. The molecule has 0 saturated heterocycles. The largest absolute Gasteiger partial charge is 0.481 e. The molecule has 0 heterocycles. The minimum atomic E-state index is -3.32. The van der Waals surface area contributed by atoms with Crippen molar-refractivity contribution in [1.29, 1.82) is 0 Å². The highest BCUT2D eigenvalue weighted by Gasteiger charge is 2.15. The van der Waals surface area contributed by atoms with Gasteiger partial charge in [0.05, 0.1) is 11.9 Å². The Morgan fingerprint density at radius 3 is 2.36 bits per heavy atom. The Morgan fingerprint density at radius 1 is 1.18 bits per heavy atom. The van der Waals surface area contributed by atoms with Crippen LogP contribution in [0.5, 0.6) is 5.75 Å². The first kappa shape index (κ1) is 22.4. The number of halogens is 1. The van der Waals surface area contributed by atoms with Crippen molar-refractivity contribution >= 4 is 45.0 Å². The molecule has 0 bridgehead atoms. The molecule has 2 aromatic rings. The number of nitrogens with zero attached hydrogens (tertiary/aromatic N) is 1. The maximum absolute atomic E-state index is 12.2. The fourth-order valence-electron chi connectivity index (χ4n) is 2.20. The third-order valence-corrected chi connectivity index (χ3v) is 6.34. The molecule has 0 spiro atoms. The number of nitrogens with one attached hydrogen (secondary N) is 1.